The van der Waals surface area contributed by atoms with Crippen molar-refractivity contribution in [3.63, 3.8) is 0 Å². The number of benzene rings is 2. The number of carbonyl (C=O) groups excluding carboxylic acids is 1. The summed E-state index contributed by atoms with van der Waals surface area (Å²) in [5, 5.41) is 0. The van der Waals surface area contributed by atoms with Crippen LogP contribution in [0, 0.1) is 11.7 Å². The van der Waals surface area contributed by atoms with E-state index in [1.807, 2.05) is 0 Å². The van der Waals surface area contributed by atoms with Crippen LogP contribution in [0.15, 0.2) is 53.4 Å². The summed E-state index contributed by atoms with van der Waals surface area (Å²) in [6.07, 6.45) is 1.86. The number of rotatable bonds is 5. The molecule has 114 valence electrons. The maximum Gasteiger partial charge on any atom is 0.261 e. The minimum absolute atomic E-state index is 0.0213. The van der Waals surface area contributed by atoms with Gasteiger partial charge in [0.2, 0.25) is 0 Å². The van der Waals surface area contributed by atoms with Crippen molar-refractivity contribution in [2.75, 3.05) is 4.72 Å². The highest BCUT2D eigenvalue weighted by Gasteiger charge is 2.30. The maximum atomic E-state index is 12.8. The van der Waals surface area contributed by atoms with Crippen molar-refractivity contribution in [3.05, 3.63) is 59.9 Å². The molecule has 0 atom stereocenters. The number of hydrogen-bond acceptors (Lipinski definition) is 3. The Morgan fingerprint density at radius 3 is 2.14 bits per heavy atom. The average molecular weight is 319 g/mol. The molecule has 1 fully saturated rings. The Morgan fingerprint density at radius 1 is 1.00 bits per heavy atom. The highest BCUT2D eigenvalue weighted by molar-refractivity contribution is 7.92. The van der Waals surface area contributed by atoms with Crippen LogP contribution in [0.5, 0.6) is 0 Å². The van der Waals surface area contributed by atoms with Crippen molar-refractivity contribution in [2.24, 2.45) is 5.92 Å². The summed E-state index contributed by atoms with van der Waals surface area (Å²) in [5.41, 5.74) is 0.948. The van der Waals surface area contributed by atoms with E-state index in [0.29, 0.717) is 11.3 Å². The molecule has 0 aromatic heterocycles. The number of anilines is 1. The lowest BCUT2D eigenvalue weighted by atomic mass is 10.1. The van der Waals surface area contributed by atoms with Gasteiger partial charge < -0.3 is 0 Å². The summed E-state index contributed by atoms with van der Waals surface area (Å²) in [6.45, 7) is 0. The average Bonchev–Trinajstić information content (AvgIpc) is 3.32. The quantitative estimate of drug-likeness (QED) is 0.861. The number of carbonyl (C=O) groups is 1. The fourth-order valence-corrected chi connectivity index (χ4v) is 3.17. The molecular formula is C16H14FNO3S. The molecule has 2 aromatic carbocycles. The van der Waals surface area contributed by atoms with E-state index < -0.39 is 15.8 Å². The van der Waals surface area contributed by atoms with Crippen LogP contribution in [0.4, 0.5) is 10.1 Å². The third-order valence-corrected chi connectivity index (χ3v) is 4.89. The van der Waals surface area contributed by atoms with Gasteiger partial charge >= 0.3 is 0 Å². The molecule has 0 unspecified atom stereocenters. The molecule has 0 spiro atoms. The SMILES string of the molecule is O=C(c1ccc(NS(=O)(=O)c2ccc(F)cc2)cc1)C1CC1. The minimum Gasteiger partial charge on any atom is -0.294 e. The Hall–Kier alpha value is -2.21. The lowest BCUT2D eigenvalue weighted by Gasteiger charge is -2.08. The fourth-order valence-electron chi connectivity index (χ4n) is 2.11. The van der Waals surface area contributed by atoms with Gasteiger partial charge in [0.1, 0.15) is 5.82 Å². The summed E-state index contributed by atoms with van der Waals surface area (Å²) < 4.78 is 39.5. The topological polar surface area (TPSA) is 63.2 Å². The van der Waals surface area contributed by atoms with Crippen molar-refractivity contribution in [2.45, 2.75) is 17.7 Å². The number of halogens is 1. The van der Waals surface area contributed by atoms with Crippen LogP contribution in [0.25, 0.3) is 0 Å². The molecule has 1 N–H and O–H groups in total. The van der Waals surface area contributed by atoms with Gasteiger partial charge in [0.15, 0.2) is 5.78 Å². The van der Waals surface area contributed by atoms with Crippen LogP contribution < -0.4 is 4.72 Å². The minimum atomic E-state index is -3.77. The van der Waals surface area contributed by atoms with Crippen molar-refractivity contribution in [3.8, 4) is 0 Å². The highest BCUT2D eigenvalue weighted by atomic mass is 32.2. The number of Topliss-reactive ketones (excluding diaryl/α,β-unsaturated/α-hetero) is 1. The molecule has 4 nitrogen and oxygen atoms in total. The summed E-state index contributed by atoms with van der Waals surface area (Å²) >= 11 is 0. The van der Waals surface area contributed by atoms with Crippen LogP contribution in [0.1, 0.15) is 23.2 Å². The second-order valence-electron chi connectivity index (χ2n) is 5.28. The molecule has 0 bridgehead atoms. The molecular weight excluding hydrogens is 305 g/mol. The molecule has 0 radical (unpaired) electrons. The first kappa shape index (κ1) is 14.7. The lowest BCUT2D eigenvalue weighted by Crippen LogP contribution is -2.13. The molecule has 1 aliphatic carbocycles. The van der Waals surface area contributed by atoms with Crippen LogP contribution >= 0.6 is 0 Å². The number of sulfonamides is 1. The molecule has 0 aliphatic heterocycles. The summed E-state index contributed by atoms with van der Waals surface area (Å²) in [6, 6.07) is 10.9. The van der Waals surface area contributed by atoms with E-state index in [1.165, 1.54) is 12.1 Å². The molecule has 1 saturated carbocycles. The van der Waals surface area contributed by atoms with Crippen LogP contribution in [-0.4, -0.2) is 14.2 Å². The van der Waals surface area contributed by atoms with Crippen molar-refractivity contribution >= 4 is 21.5 Å². The second-order valence-corrected chi connectivity index (χ2v) is 6.96. The van der Waals surface area contributed by atoms with Gasteiger partial charge in [-0.1, -0.05) is 0 Å². The second kappa shape index (κ2) is 5.53. The Balaban J connectivity index is 1.77. The van der Waals surface area contributed by atoms with Crippen molar-refractivity contribution in [1.29, 1.82) is 0 Å². The van der Waals surface area contributed by atoms with Gasteiger partial charge in [-0.05, 0) is 61.4 Å². The predicted molar refractivity (Wildman–Crippen MR) is 80.7 cm³/mol. The number of ketones is 1. The smallest absolute Gasteiger partial charge is 0.261 e. The Kier molecular flexibility index (Phi) is 3.70. The van der Waals surface area contributed by atoms with Gasteiger partial charge in [-0.2, -0.15) is 0 Å². The van der Waals surface area contributed by atoms with E-state index in [2.05, 4.69) is 4.72 Å². The summed E-state index contributed by atoms with van der Waals surface area (Å²) in [7, 11) is -3.77. The van der Waals surface area contributed by atoms with Gasteiger partial charge in [0.05, 0.1) is 4.90 Å². The van der Waals surface area contributed by atoms with Crippen molar-refractivity contribution < 1.29 is 17.6 Å². The molecule has 3 rings (SSSR count). The maximum absolute atomic E-state index is 12.8. The lowest BCUT2D eigenvalue weighted by molar-refractivity contribution is 0.0967. The van der Waals surface area contributed by atoms with Crippen molar-refractivity contribution in [1.82, 2.24) is 0 Å². The van der Waals surface area contributed by atoms with Crippen LogP contribution in [0.3, 0.4) is 0 Å². The third kappa shape index (κ3) is 3.17. The highest BCUT2D eigenvalue weighted by Crippen LogP contribution is 2.32. The van der Waals surface area contributed by atoms with Gasteiger partial charge in [0.25, 0.3) is 10.0 Å². The number of nitrogens with one attached hydrogen (secondary N) is 1. The van der Waals surface area contributed by atoms with Crippen LogP contribution in [-0.2, 0) is 10.0 Å². The summed E-state index contributed by atoms with van der Waals surface area (Å²) in [5.74, 6) is -0.267. The predicted octanol–water partition coefficient (Wildman–Crippen LogP) is 3.22. The van der Waals surface area contributed by atoms with Gasteiger partial charge in [-0.15, -0.1) is 0 Å². The number of hydrogen-bond donors (Lipinski definition) is 1. The molecule has 1 aliphatic rings. The zero-order chi connectivity index (χ0) is 15.7. The van der Waals surface area contributed by atoms with Crippen LogP contribution in [0.2, 0.25) is 0 Å². The van der Waals surface area contributed by atoms with E-state index in [4.69, 9.17) is 0 Å². The standard InChI is InChI=1S/C16H14FNO3S/c17-13-5-9-15(10-6-13)22(20,21)18-14-7-3-12(4-8-14)16(19)11-1-2-11/h3-11,18H,1-2H2. The molecule has 0 amide bonds. The van der Waals surface area contributed by atoms with E-state index in [0.717, 1.165) is 25.0 Å². The molecule has 0 saturated heterocycles. The third-order valence-electron chi connectivity index (χ3n) is 3.49. The molecule has 0 heterocycles. The largest absolute Gasteiger partial charge is 0.294 e. The molecule has 6 heteroatoms. The Morgan fingerprint density at radius 2 is 1.59 bits per heavy atom. The summed E-state index contributed by atoms with van der Waals surface area (Å²) in [4.78, 5) is 11.9. The van der Waals surface area contributed by atoms with E-state index in [-0.39, 0.29) is 16.6 Å². The zero-order valence-corrected chi connectivity index (χ0v) is 12.4. The van der Waals surface area contributed by atoms with Gasteiger partial charge in [-0.3, -0.25) is 9.52 Å². The first-order valence-electron chi connectivity index (χ1n) is 6.88. The van der Waals surface area contributed by atoms with Gasteiger partial charge in [0, 0.05) is 17.2 Å². The van der Waals surface area contributed by atoms with E-state index in [1.54, 1.807) is 24.3 Å². The first-order valence-corrected chi connectivity index (χ1v) is 8.37. The van der Waals surface area contributed by atoms with E-state index in [9.17, 15) is 17.6 Å². The molecule has 2 aromatic rings. The normalized spacial score (nSPS) is 14.6. The molecule has 22 heavy (non-hydrogen) atoms. The fraction of sp³-hybridized carbons (Fsp3) is 0.188. The first-order chi connectivity index (χ1) is 10.5. The Bertz CT molecular complexity index is 794. The Labute approximate surface area is 128 Å². The van der Waals surface area contributed by atoms with Gasteiger partial charge in [-0.25, -0.2) is 12.8 Å². The van der Waals surface area contributed by atoms with E-state index >= 15 is 0 Å². The monoisotopic (exact) mass is 319 g/mol. The zero-order valence-electron chi connectivity index (χ0n) is 11.6.